The van der Waals surface area contributed by atoms with Crippen molar-refractivity contribution in [3.63, 3.8) is 0 Å². The number of aliphatic imine (C=N–C) groups is 1. The average Bonchev–Trinajstić information content (AvgIpc) is 3.31. The third-order valence-electron chi connectivity index (χ3n) is 7.43. The van der Waals surface area contributed by atoms with E-state index in [1.54, 1.807) is 9.91 Å². The Balaban J connectivity index is 1.52. The van der Waals surface area contributed by atoms with E-state index in [4.69, 9.17) is 10.6 Å². The number of hydrazine groups is 1. The van der Waals surface area contributed by atoms with E-state index < -0.39 is 5.60 Å². The molecular formula is C27H38N6O2. The van der Waals surface area contributed by atoms with Crippen LogP contribution in [-0.2, 0) is 4.74 Å². The van der Waals surface area contributed by atoms with Crippen LogP contribution in [0.25, 0.3) is 0 Å². The summed E-state index contributed by atoms with van der Waals surface area (Å²) in [4.78, 5) is 21.7. The van der Waals surface area contributed by atoms with Crippen LogP contribution in [0, 0.1) is 16.7 Å². The number of carbonyl (C=O) groups excluding carboxylic acids is 1. The SMILES string of the molecule is C/C=C/C(=C\N(N)C(C)(C)C)N1CC2(CCCC(C)(CN3C=NC4CC=C(C#N)C=C43)C2)OC1=O. The first-order chi connectivity index (χ1) is 16.5. The lowest BCUT2D eigenvalue weighted by atomic mass is 9.68. The normalized spacial score (nSPS) is 30.9. The van der Waals surface area contributed by atoms with Crippen LogP contribution in [-0.4, -0.2) is 57.5 Å². The van der Waals surface area contributed by atoms with Crippen molar-refractivity contribution < 1.29 is 9.53 Å². The molecule has 0 bridgehead atoms. The molecule has 0 aromatic carbocycles. The predicted molar refractivity (Wildman–Crippen MR) is 137 cm³/mol. The molecule has 1 amide bonds. The minimum absolute atomic E-state index is 0.0555. The topological polar surface area (TPSA) is 98.2 Å². The highest BCUT2D eigenvalue weighted by Crippen LogP contribution is 2.48. The summed E-state index contributed by atoms with van der Waals surface area (Å²) in [5, 5.41) is 11.0. The minimum atomic E-state index is -0.527. The van der Waals surface area contributed by atoms with Crippen molar-refractivity contribution >= 4 is 12.4 Å². The molecule has 2 fully saturated rings. The van der Waals surface area contributed by atoms with Gasteiger partial charge in [-0.3, -0.25) is 9.89 Å². The molecule has 8 nitrogen and oxygen atoms in total. The van der Waals surface area contributed by atoms with Crippen molar-refractivity contribution in [1.29, 1.82) is 5.26 Å². The van der Waals surface area contributed by atoms with Gasteiger partial charge in [0.2, 0.25) is 0 Å². The number of allylic oxidation sites excluding steroid dienone is 4. The van der Waals surface area contributed by atoms with Crippen molar-refractivity contribution in [2.24, 2.45) is 16.3 Å². The fraction of sp³-hybridized carbons (Fsp3) is 0.593. The van der Waals surface area contributed by atoms with Gasteiger partial charge in [-0.2, -0.15) is 5.26 Å². The minimum Gasteiger partial charge on any atom is -0.441 e. The van der Waals surface area contributed by atoms with Crippen LogP contribution < -0.4 is 5.84 Å². The Labute approximate surface area is 209 Å². The van der Waals surface area contributed by atoms with Crippen LogP contribution in [0.5, 0.6) is 0 Å². The third-order valence-corrected chi connectivity index (χ3v) is 7.43. The molecular weight excluding hydrogens is 440 g/mol. The second kappa shape index (κ2) is 9.19. The Hall–Kier alpha value is -3.05. The number of nitriles is 1. The van der Waals surface area contributed by atoms with Crippen LogP contribution in [0.4, 0.5) is 4.79 Å². The fourth-order valence-corrected chi connectivity index (χ4v) is 5.61. The highest BCUT2D eigenvalue weighted by molar-refractivity contribution is 5.74. The Morgan fingerprint density at radius 1 is 1.43 bits per heavy atom. The molecule has 2 aliphatic carbocycles. The summed E-state index contributed by atoms with van der Waals surface area (Å²) in [6.07, 6.45) is 15.6. The van der Waals surface area contributed by atoms with Crippen LogP contribution in [0.15, 0.2) is 52.5 Å². The van der Waals surface area contributed by atoms with Gasteiger partial charge in [0.1, 0.15) is 5.60 Å². The van der Waals surface area contributed by atoms with Crippen molar-refractivity contribution in [2.75, 3.05) is 13.1 Å². The van der Waals surface area contributed by atoms with E-state index in [1.165, 1.54) is 0 Å². The quantitative estimate of drug-likeness (QED) is 0.352. The lowest BCUT2D eigenvalue weighted by Gasteiger charge is -2.44. The van der Waals surface area contributed by atoms with E-state index >= 15 is 0 Å². The predicted octanol–water partition coefficient (Wildman–Crippen LogP) is 4.60. The maximum Gasteiger partial charge on any atom is 0.415 e. The molecule has 2 heterocycles. The van der Waals surface area contributed by atoms with Gasteiger partial charge in [0.25, 0.3) is 0 Å². The first-order valence-electron chi connectivity index (χ1n) is 12.5. The molecule has 3 atom stereocenters. The number of fused-ring (bicyclic) bond motifs is 1. The van der Waals surface area contributed by atoms with E-state index in [1.807, 2.05) is 64.5 Å². The second-order valence-corrected chi connectivity index (χ2v) is 11.6. The molecule has 1 saturated heterocycles. The molecule has 2 aliphatic heterocycles. The first kappa shape index (κ1) is 25.1. The third kappa shape index (κ3) is 5.15. The van der Waals surface area contributed by atoms with Gasteiger partial charge in [-0.25, -0.2) is 10.6 Å². The van der Waals surface area contributed by atoms with E-state index in [-0.39, 0.29) is 23.1 Å². The summed E-state index contributed by atoms with van der Waals surface area (Å²) in [5.74, 6) is 6.27. The molecule has 2 N–H and O–H groups in total. The van der Waals surface area contributed by atoms with E-state index in [9.17, 15) is 10.1 Å². The molecule has 4 rings (SSSR count). The number of nitrogens with two attached hydrogens (primary N) is 1. The van der Waals surface area contributed by atoms with Gasteiger partial charge in [-0.1, -0.05) is 19.1 Å². The van der Waals surface area contributed by atoms with Crippen molar-refractivity contribution in [1.82, 2.24) is 14.8 Å². The Morgan fingerprint density at radius 2 is 2.20 bits per heavy atom. The van der Waals surface area contributed by atoms with Crippen molar-refractivity contribution in [2.45, 2.75) is 83.9 Å². The lowest BCUT2D eigenvalue weighted by Crippen LogP contribution is -2.47. The Kier molecular flexibility index (Phi) is 6.58. The molecule has 4 aliphatic rings. The molecule has 1 saturated carbocycles. The molecule has 0 aromatic rings. The number of hydrogen-bond donors (Lipinski definition) is 1. The van der Waals surface area contributed by atoms with Crippen LogP contribution >= 0.6 is 0 Å². The average molecular weight is 479 g/mol. The molecule has 0 radical (unpaired) electrons. The van der Waals surface area contributed by atoms with E-state index in [2.05, 4.69) is 22.9 Å². The van der Waals surface area contributed by atoms with Gasteiger partial charge in [0, 0.05) is 29.6 Å². The van der Waals surface area contributed by atoms with Gasteiger partial charge in [-0.15, -0.1) is 0 Å². The summed E-state index contributed by atoms with van der Waals surface area (Å²) in [7, 11) is 0. The standard InChI is InChI=1S/C27H38N6O2/c1-6-8-21(15-33(29)25(2,3)4)32-18-27(35-24(32)34)12-7-11-26(5,16-27)17-31-19-30-22-10-9-20(14-28)13-23(22)31/h6,8-9,13,15,19,22H,7,10-12,16-18,29H2,1-5H3/b8-6+,21-15+. The lowest BCUT2D eigenvalue weighted by molar-refractivity contribution is -0.0254. The van der Waals surface area contributed by atoms with Crippen LogP contribution in [0.1, 0.15) is 66.7 Å². The molecule has 0 aromatic heterocycles. The number of carbonyl (C=O) groups is 1. The largest absolute Gasteiger partial charge is 0.441 e. The number of nitrogens with zero attached hydrogens (tertiary/aromatic N) is 5. The van der Waals surface area contributed by atoms with Gasteiger partial charge in [0.15, 0.2) is 0 Å². The van der Waals surface area contributed by atoms with Crippen molar-refractivity contribution in [3.05, 3.63) is 47.5 Å². The zero-order valence-corrected chi connectivity index (χ0v) is 21.6. The zero-order valence-electron chi connectivity index (χ0n) is 21.6. The maximum atomic E-state index is 13.1. The summed E-state index contributed by atoms with van der Waals surface area (Å²) in [6, 6.07) is 2.36. The molecule has 188 valence electrons. The zero-order chi connectivity index (χ0) is 25.4. The fourth-order valence-electron chi connectivity index (χ4n) is 5.61. The maximum absolute atomic E-state index is 13.1. The van der Waals surface area contributed by atoms with E-state index in [0.29, 0.717) is 12.1 Å². The highest BCUT2D eigenvalue weighted by Gasteiger charge is 2.52. The summed E-state index contributed by atoms with van der Waals surface area (Å²) < 4.78 is 6.13. The van der Waals surface area contributed by atoms with Gasteiger partial charge >= 0.3 is 6.09 Å². The summed E-state index contributed by atoms with van der Waals surface area (Å²) in [6.45, 7) is 11.6. The summed E-state index contributed by atoms with van der Waals surface area (Å²) >= 11 is 0. The molecule has 8 heteroatoms. The van der Waals surface area contributed by atoms with Crippen LogP contribution in [0.2, 0.25) is 0 Å². The first-order valence-corrected chi connectivity index (χ1v) is 12.5. The smallest absolute Gasteiger partial charge is 0.415 e. The van der Waals surface area contributed by atoms with Crippen molar-refractivity contribution in [3.8, 4) is 6.07 Å². The van der Waals surface area contributed by atoms with Gasteiger partial charge < -0.3 is 14.6 Å². The second-order valence-electron chi connectivity index (χ2n) is 11.6. The summed E-state index contributed by atoms with van der Waals surface area (Å²) in [5.41, 5.74) is 1.67. The molecule has 35 heavy (non-hydrogen) atoms. The van der Waals surface area contributed by atoms with Crippen LogP contribution in [0.3, 0.4) is 0 Å². The number of ether oxygens (including phenoxy) is 1. The highest BCUT2D eigenvalue weighted by atomic mass is 16.6. The van der Waals surface area contributed by atoms with E-state index in [0.717, 1.165) is 50.0 Å². The van der Waals surface area contributed by atoms with Gasteiger partial charge in [0.05, 0.1) is 30.7 Å². The Morgan fingerprint density at radius 3 is 2.89 bits per heavy atom. The van der Waals surface area contributed by atoms with Gasteiger partial charge in [-0.05, 0) is 77.4 Å². The Bertz CT molecular complexity index is 1060. The number of rotatable bonds is 5. The molecule has 3 unspecified atom stereocenters. The number of amides is 1. The monoisotopic (exact) mass is 478 g/mol. The number of hydrogen-bond acceptors (Lipinski definition) is 7. The molecule has 1 spiro atoms.